The lowest BCUT2D eigenvalue weighted by atomic mass is 10.0. The Morgan fingerprint density at radius 3 is 2.64 bits per heavy atom. The summed E-state index contributed by atoms with van der Waals surface area (Å²) >= 11 is 0. The van der Waals surface area contributed by atoms with Gasteiger partial charge in [-0.3, -0.25) is 14.5 Å². The summed E-state index contributed by atoms with van der Waals surface area (Å²) in [5.74, 6) is 0.178. The second kappa shape index (κ2) is 6.77. The van der Waals surface area contributed by atoms with Crippen molar-refractivity contribution in [3.05, 3.63) is 71.8 Å². The van der Waals surface area contributed by atoms with Crippen LogP contribution in [-0.4, -0.2) is 20.7 Å². The molecule has 2 heterocycles. The highest BCUT2D eigenvalue weighted by Gasteiger charge is 2.11. The van der Waals surface area contributed by atoms with E-state index in [4.69, 9.17) is 10.5 Å². The molecule has 0 unspecified atom stereocenters. The summed E-state index contributed by atoms with van der Waals surface area (Å²) in [7, 11) is 1.68. The van der Waals surface area contributed by atoms with Crippen molar-refractivity contribution in [3.63, 3.8) is 0 Å². The summed E-state index contributed by atoms with van der Waals surface area (Å²) in [6.45, 7) is 1.83. The Morgan fingerprint density at radius 2 is 1.89 bits per heavy atom. The number of nitrogens with two attached hydrogens (primary N) is 1. The minimum Gasteiger partial charge on any atom is -0.457 e. The molecule has 0 aliphatic rings. The highest BCUT2D eigenvalue weighted by molar-refractivity contribution is 5.94. The van der Waals surface area contributed by atoms with E-state index >= 15 is 0 Å². The maximum atomic E-state index is 13.7. The number of amides is 1. The van der Waals surface area contributed by atoms with Crippen LogP contribution < -0.4 is 10.5 Å². The van der Waals surface area contributed by atoms with Gasteiger partial charge in [-0.2, -0.15) is 4.39 Å². The number of hydrogen-bond donors (Lipinski definition) is 1. The van der Waals surface area contributed by atoms with Crippen LogP contribution in [0.3, 0.4) is 0 Å². The molecule has 2 aromatic carbocycles. The van der Waals surface area contributed by atoms with Gasteiger partial charge in [-0.15, -0.1) is 5.10 Å². The first-order valence-electron chi connectivity index (χ1n) is 8.59. The number of halogens is 1. The van der Waals surface area contributed by atoms with Crippen molar-refractivity contribution in [2.24, 2.45) is 12.8 Å². The van der Waals surface area contributed by atoms with E-state index in [1.807, 2.05) is 13.0 Å². The van der Waals surface area contributed by atoms with Crippen molar-refractivity contribution < 1.29 is 13.9 Å². The van der Waals surface area contributed by atoms with E-state index < -0.39 is 11.9 Å². The molecule has 1 amide bonds. The van der Waals surface area contributed by atoms with E-state index in [1.165, 1.54) is 4.68 Å². The maximum absolute atomic E-state index is 13.7. The van der Waals surface area contributed by atoms with E-state index in [2.05, 4.69) is 10.1 Å². The van der Waals surface area contributed by atoms with Crippen LogP contribution in [0.2, 0.25) is 0 Å². The third-order valence-corrected chi connectivity index (χ3v) is 4.53. The number of hydrogen-bond acceptors (Lipinski definition) is 4. The van der Waals surface area contributed by atoms with Gasteiger partial charge in [0, 0.05) is 36.5 Å². The van der Waals surface area contributed by atoms with Crippen LogP contribution in [-0.2, 0) is 7.05 Å². The quantitative estimate of drug-likeness (QED) is 0.584. The highest BCUT2D eigenvalue weighted by Crippen LogP contribution is 2.29. The van der Waals surface area contributed by atoms with E-state index in [0.717, 1.165) is 11.1 Å². The Labute approximate surface area is 160 Å². The Bertz CT molecular complexity index is 1220. The molecule has 2 N–H and O–H groups in total. The molecule has 0 spiro atoms. The minimum atomic E-state index is -0.509. The van der Waals surface area contributed by atoms with Crippen molar-refractivity contribution in [2.45, 2.75) is 6.92 Å². The van der Waals surface area contributed by atoms with Gasteiger partial charge >= 0.3 is 0 Å². The maximum Gasteiger partial charge on any atom is 0.248 e. The average Bonchev–Trinajstić information content (AvgIpc) is 2.95. The second-order valence-electron chi connectivity index (χ2n) is 6.47. The third-order valence-electron chi connectivity index (χ3n) is 4.53. The fraction of sp³-hybridized carbons (Fsp3) is 0.0952. The topological polar surface area (TPSA) is 83.0 Å². The van der Waals surface area contributed by atoms with Crippen LogP contribution in [0, 0.1) is 12.9 Å². The molecule has 0 aliphatic carbocycles. The van der Waals surface area contributed by atoms with E-state index in [-0.39, 0.29) is 0 Å². The lowest BCUT2D eigenvalue weighted by Crippen LogP contribution is -2.12. The summed E-state index contributed by atoms with van der Waals surface area (Å²) in [4.78, 5) is 15.8. The average molecular weight is 376 g/mol. The van der Waals surface area contributed by atoms with Crippen LogP contribution in [0.25, 0.3) is 22.2 Å². The fourth-order valence-electron chi connectivity index (χ4n) is 3.12. The van der Waals surface area contributed by atoms with Crippen molar-refractivity contribution in [3.8, 4) is 22.8 Å². The molecule has 4 rings (SSSR count). The predicted octanol–water partition coefficient (Wildman–Crippen LogP) is 3.97. The number of nitrogens with zero attached hydrogens (tertiary/aromatic N) is 3. The minimum absolute atomic E-state index is 0.440. The van der Waals surface area contributed by atoms with Crippen molar-refractivity contribution in [2.75, 3.05) is 0 Å². The van der Waals surface area contributed by atoms with Gasteiger partial charge in [0.1, 0.15) is 11.5 Å². The van der Waals surface area contributed by atoms with Gasteiger partial charge in [0.05, 0.1) is 16.6 Å². The monoisotopic (exact) mass is 376 g/mol. The molecule has 7 heteroatoms. The second-order valence-corrected chi connectivity index (χ2v) is 6.47. The molecular formula is C21H17FN4O2. The molecule has 0 aliphatic heterocycles. The highest BCUT2D eigenvalue weighted by atomic mass is 19.1. The molecule has 0 radical (unpaired) electrons. The number of aryl methyl sites for hydroxylation is 2. The molecule has 0 bridgehead atoms. The Balaban J connectivity index is 1.65. The normalized spacial score (nSPS) is 11.0. The number of ether oxygens (including phenoxy) is 1. The molecule has 4 aromatic rings. The van der Waals surface area contributed by atoms with Gasteiger partial charge in [-0.25, -0.2) is 0 Å². The van der Waals surface area contributed by atoms with Crippen molar-refractivity contribution in [1.29, 1.82) is 0 Å². The predicted molar refractivity (Wildman–Crippen MR) is 104 cm³/mol. The number of pyridine rings is 1. The van der Waals surface area contributed by atoms with Gasteiger partial charge in [0.15, 0.2) is 0 Å². The first-order chi connectivity index (χ1) is 13.4. The summed E-state index contributed by atoms with van der Waals surface area (Å²) in [6, 6.07) is 13.9. The van der Waals surface area contributed by atoms with Gasteiger partial charge < -0.3 is 10.5 Å². The molecule has 0 saturated carbocycles. The largest absolute Gasteiger partial charge is 0.457 e. The molecule has 6 nitrogen and oxygen atoms in total. The van der Waals surface area contributed by atoms with Crippen LogP contribution >= 0.6 is 0 Å². The number of fused-ring (bicyclic) bond motifs is 1. The number of carbonyl (C=O) groups excluding carboxylic acids is 1. The SMILES string of the molecule is Cc1cc(-c2cc(Oc3ccc4c(F)nn(C)c4c3)ccn2)ccc1C(N)=O. The smallest absolute Gasteiger partial charge is 0.248 e. The summed E-state index contributed by atoms with van der Waals surface area (Å²) < 4.78 is 21.1. The summed E-state index contributed by atoms with van der Waals surface area (Å²) in [5.41, 5.74) is 8.80. The summed E-state index contributed by atoms with van der Waals surface area (Å²) in [6.07, 6.45) is 1.64. The lowest BCUT2D eigenvalue weighted by Gasteiger charge is -2.09. The van der Waals surface area contributed by atoms with Crippen molar-refractivity contribution >= 4 is 16.8 Å². The molecular weight excluding hydrogens is 359 g/mol. The van der Waals surface area contributed by atoms with Crippen LogP contribution in [0.4, 0.5) is 4.39 Å². The zero-order valence-corrected chi connectivity index (χ0v) is 15.3. The third kappa shape index (κ3) is 3.18. The molecule has 28 heavy (non-hydrogen) atoms. The molecule has 140 valence electrons. The van der Waals surface area contributed by atoms with Crippen LogP contribution in [0.1, 0.15) is 15.9 Å². The van der Waals surface area contributed by atoms with Crippen LogP contribution in [0.15, 0.2) is 54.7 Å². The van der Waals surface area contributed by atoms with E-state index in [9.17, 15) is 9.18 Å². The summed E-state index contributed by atoms with van der Waals surface area (Å²) in [5, 5.41) is 4.21. The number of rotatable bonds is 4. The molecule has 0 saturated heterocycles. The van der Waals surface area contributed by atoms with Gasteiger partial charge in [-0.1, -0.05) is 6.07 Å². The van der Waals surface area contributed by atoms with Crippen molar-refractivity contribution in [1.82, 2.24) is 14.8 Å². The van der Waals surface area contributed by atoms with Gasteiger partial charge in [0.2, 0.25) is 11.9 Å². The molecule has 0 fully saturated rings. The van der Waals surface area contributed by atoms with Gasteiger partial charge in [0.25, 0.3) is 0 Å². The number of primary amides is 1. The zero-order chi connectivity index (χ0) is 19.8. The zero-order valence-electron chi connectivity index (χ0n) is 15.3. The molecule has 0 atom stereocenters. The van der Waals surface area contributed by atoms with Gasteiger partial charge in [-0.05, 0) is 42.8 Å². The van der Waals surface area contributed by atoms with E-state index in [0.29, 0.717) is 33.7 Å². The molecule has 2 aromatic heterocycles. The number of benzene rings is 2. The Morgan fingerprint density at radius 1 is 1.11 bits per heavy atom. The number of aromatic nitrogens is 3. The first-order valence-corrected chi connectivity index (χ1v) is 8.59. The Kier molecular flexibility index (Phi) is 4.27. The number of carbonyl (C=O) groups is 1. The first kappa shape index (κ1) is 17.7. The van der Waals surface area contributed by atoms with Crippen LogP contribution in [0.5, 0.6) is 11.5 Å². The lowest BCUT2D eigenvalue weighted by molar-refractivity contribution is 0.0999. The fourth-order valence-corrected chi connectivity index (χ4v) is 3.12. The Hall–Kier alpha value is -3.74. The standard InChI is InChI=1S/C21H17FN4O2/c1-12-9-13(3-5-16(12)21(23)27)18-10-15(7-8-24-18)28-14-4-6-17-19(11-14)26(2)25-20(17)22/h3-11H,1-2H3,(H2,23,27). The van der Waals surface area contributed by atoms with E-state index in [1.54, 1.807) is 55.7 Å².